The molecule has 0 fully saturated rings. The molecule has 6 heteroatoms. The van der Waals surface area contributed by atoms with Gasteiger partial charge in [-0.1, -0.05) is 12.1 Å². The van der Waals surface area contributed by atoms with Gasteiger partial charge >= 0.3 is 6.09 Å². The number of aliphatic hydroxyl groups excluding tert-OH is 1. The third-order valence-electron chi connectivity index (χ3n) is 2.46. The van der Waals surface area contributed by atoms with E-state index in [0.29, 0.717) is 5.56 Å². The van der Waals surface area contributed by atoms with E-state index in [9.17, 15) is 9.59 Å². The van der Waals surface area contributed by atoms with Crippen molar-refractivity contribution in [1.82, 2.24) is 10.6 Å². The Balaban J connectivity index is 2.48. The van der Waals surface area contributed by atoms with Gasteiger partial charge in [-0.25, -0.2) is 4.79 Å². The summed E-state index contributed by atoms with van der Waals surface area (Å²) in [5, 5.41) is 13.9. The third-order valence-corrected chi connectivity index (χ3v) is 2.46. The molecule has 0 bridgehead atoms. The summed E-state index contributed by atoms with van der Waals surface area (Å²) < 4.78 is 5.09. The Morgan fingerprint density at radius 1 is 1.19 bits per heavy atom. The highest BCUT2D eigenvalue weighted by molar-refractivity contribution is 5.94. The molecule has 3 N–H and O–H groups in total. The molecule has 0 aliphatic carbocycles. The van der Waals surface area contributed by atoms with Crippen LogP contribution in [-0.4, -0.2) is 35.8 Å². The summed E-state index contributed by atoms with van der Waals surface area (Å²) in [6, 6.07) is 6.73. The van der Waals surface area contributed by atoms with Crippen molar-refractivity contribution in [2.75, 3.05) is 13.2 Å². The van der Waals surface area contributed by atoms with Gasteiger partial charge in [-0.2, -0.15) is 0 Å². The largest absolute Gasteiger partial charge is 0.445 e. The van der Waals surface area contributed by atoms with Crippen LogP contribution in [0.15, 0.2) is 24.3 Å². The van der Waals surface area contributed by atoms with E-state index in [1.807, 2.05) is 20.8 Å². The Kier molecular flexibility index (Phi) is 6.17. The minimum absolute atomic E-state index is 0.0967. The average molecular weight is 294 g/mol. The maximum absolute atomic E-state index is 11.6. The molecule has 0 atom stereocenters. The summed E-state index contributed by atoms with van der Waals surface area (Å²) in [4.78, 5) is 23.1. The smallest absolute Gasteiger partial charge is 0.407 e. The molecule has 0 saturated carbocycles. The molecule has 1 aromatic carbocycles. The van der Waals surface area contributed by atoms with E-state index >= 15 is 0 Å². The fourth-order valence-corrected chi connectivity index (χ4v) is 1.51. The van der Waals surface area contributed by atoms with E-state index in [0.717, 1.165) is 5.56 Å². The fourth-order valence-electron chi connectivity index (χ4n) is 1.51. The second-order valence-corrected chi connectivity index (χ2v) is 5.63. The monoisotopic (exact) mass is 294 g/mol. The van der Waals surface area contributed by atoms with Crippen molar-refractivity contribution < 1.29 is 19.4 Å². The standard InChI is InChI=1S/C15H22N2O4/c1-15(2,3)17-14(20)21-10-11-4-6-12(7-5-11)13(19)16-8-9-18/h4-7,18H,8-10H2,1-3H3,(H,16,19)(H,17,20). The van der Waals surface area contributed by atoms with E-state index < -0.39 is 6.09 Å². The fraction of sp³-hybridized carbons (Fsp3) is 0.467. The van der Waals surface area contributed by atoms with Gasteiger partial charge in [0.1, 0.15) is 6.61 Å². The predicted molar refractivity (Wildman–Crippen MR) is 78.9 cm³/mol. The van der Waals surface area contributed by atoms with Gasteiger partial charge in [-0.15, -0.1) is 0 Å². The molecule has 0 aliphatic rings. The first-order valence-corrected chi connectivity index (χ1v) is 6.75. The maximum atomic E-state index is 11.6. The quantitative estimate of drug-likeness (QED) is 0.766. The maximum Gasteiger partial charge on any atom is 0.407 e. The zero-order valence-electron chi connectivity index (χ0n) is 12.6. The Labute approximate surface area is 124 Å². The van der Waals surface area contributed by atoms with Crippen molar-refractivity contribution in [2.45, 2.75) is 32.9 Å². The molecular formula is C15H22N2O4. The molecule has 0 saturated heterocycles. The van der Waals surface area contributed by atoms with Crippen LogP contribution in [0.25, 0.3) is 0 Å². The molecule has 0 spiro atoms. The van der Waals surface area contributed by atoms with Gasteiger partial charge in [0.05, 0.1) is 6.61 Å². The van der Waals surface area contributed by atoms with Gasteiger partial charge in [-0.3, -0.25) is 4.79 Å². The van der Waals surface area contributed by atoms with Gasteiger partial charge in [0.15, 0.2) is 0 Å². The zero-order chi connectivity index (χ0) is 15.9. The zero-order valence-corrected chi connectivity index (χ0v) is 12.6. The van der Waals surface area contributed by atoms with E-state index in [-0.39, 0.29) is 31.2 Å². The van der Waals surface area contributed by atoms with Gasteiger partial charge in [-0.05, 0) is 38.5 Å². The number of carbonyl (C=O) groups excluding carboxylic acids is 2. The van der Waals surface area contributed by atoms with Gasteiger partial charge < -0.3 is 20.5 Å². The Morgan fingerprint density at radius 3 is 2.33 bits per heavy atom. The van der Waals surface area contributed by atoms with Crippen LogP contribution in [0, 0.1) is 0 Å². The number of carbonyl (C=O) groups is 2. The number of aliphatic hydroxyl groups is 1. The lowest BCUT2D eigenvalue weighted by Crippen LogP contribution is -2.40. The minimum atomic E-state index is -0.479. The van der Waals surface area contributed by atoms with Crippen molar-refractivity contribution >= 4 is 12.0 Å². The summed E-state index contributed by atoms with van der Waals surface area (Å²) in [6.07, 6.45) is -0.479. The van der Waals surface area contributed by atoms with E-state index in [1.54, 1.807) is 24.3 Å². The van der Waals surface area contributed by atoms with Crippen LogP contribution in [0.3, 0.4) is 0 Å². The highest BCUT2D eigenvalue weighted by Crippen LogP contribution is 2.07. The topological polar surface area (TPSA) is 87.7 Å². The Hall–Kier alpha value is -2.08. The minimum Gasteiger partial charge on any atom is -0.445 e. The molecular weight excluding hydrogens is 272 g/mol. The van der Waals surface area contributed by atoms with Crippen LogP contribution < -0.4 is 10.6 Å². The van der Waals surface area contributed by atoms with Crippen LogP contribution in [0.5, 0.6) is 0 Å². The number of ether oxygens (including phenoxy) is 1. The van der Waals surface area contributed by atoms with Crippen molar-refractivity contribution in [3.05, 3.63) is 35.4 Å². The number of rotatable bonds is 5. The Morgan fingerprint density at radius 2 is 1.81 bits per heavy atom. The van der Waals surface area contributed by atoms with E-state index in [1.165, 1.54) is 0 Å². The lowest BCUT2D eigenvalue weighted by Gasteiger charge is -2.19. The number of alkyl carbamates (subject to hydrolysis) is 1. The van der Waals surface area contributed by atoms with Crippen molar-refractivity contribution in [3.8, 4) is 0 Å². The second kappa shape index (κ2) is 7.64. The second-order valence-electron chi connectivity index (χ2n) is 5.63. The third kappa shape index (κ3) is 6.76. The van der Waals surface area contributed by atoms with Gasteiger partial charge in [0.2, 0.25) is 0 Å². The molecule has 2 amide bonds. The Bertz CT molecular complexity index is 477. The van der Waals surface area contributed by atoms with Gasteiger partial charge in [0, 0.05) is 17.6 Å². The highest BCUT2D eigenvalue weighted by atomic mass is 16.5. The van der Waals surface area contributed by atoms with Crippen LogP contribution in [0.1, 0.15) is 36.7 Å². The number of nitrogens with one attached hydrogen (secondary N) is 2. The van der Waals surface area contributed by atoms with Crippen LogP contribution in [0.2, 0.25) is 0 Å². The number of hydrogen-bond acceptors (Lipinski definition) is 4. The molecule has 0 radical (unpaired) electrons. The van der Waals surface area contributed by atoms with Crippen molar-refractivity contribution in [2.24, 2.45) is 0 Å². The molecule has 0 heterocycles. The summed E-state index contributed by atoms with van der Waals surface area (Å²) in [7, 11) is 0. The van der Waals surface area contributed by atoms with Crippen LogP contribution >= 0.6 is 0 Å². The lowest BCUT2D eigenvalue weighted by molar-refractivity contribution is 0.0944. The first kappa shape index (κ1) is 17.0. The molecule has 116 valence electrons. The predicted octanol–water partition coefficient (Wildman–Crippen LogP) is 1.43. The van der Waals surface area contributed by atoms with Gasteiger partial charge in [0.25, 0.3) is 5.91 Å². The average Bonchev–Trinajstić information content (AvgIpc) is 2.41. The molecule has 21 heavy (non-hydrogen) atoms. The molecule has 0 aromatic heterocycles. The number of hydrogen-bond donors (Lipinski definition) is 3. The van der Waals surface area contributed by atoms with E-state index in [4.69, 9.17) is 9.84 Å². The molecule has 1 rings (SSSR count). The highest BCUT2D eigenvalue weighted by Gasteiger charge is 2.14. The van der Waals surface area contributed by atoms with Crippen LogP contribution in [0.4, 0.5) is 4.79 Å². The summed E-state index contributed by atoms with van der Waals surface area (Å²) in [5.41, 5.74) is 0.940. The van der Waals surface area contributed by atoms with Crippen LogP contribution in [-0.2, 0) is 11.3 Å². The van der Waals surface area contributed by atoms with E-state index in [2.05, 4.69) is 10.6 Å². The molecule has 0 unspecified atom stereocenters. The first-order valence-electron chi connectivity index (χ1n) is 6.75. The normalized spacial score (nSPS) is 10.9. The lowest BCUT2D eigenvalue weighted by atomic mass is 10.1. The number of amides is 2. The molecule has 1 aromatic rings. The molecule has 6 nitrogen and oxygen atoms in total. The summed E-state index contributed by atoms with van der Waals surface area (Å²) in [5.74, 6) is -0.248. The first-order chi connectivity index (χ1) is 9.81. The number of benzene rings is 1. The molecule has 0 aliphatic heterocycles. The summed E-state index contributed by atoms with van der Waals surface area (Å²) >= 11 is 0. The SMILES string of the molecule is CC(C)(C)NC(=O)OCc1ccc(C(=O)NCCO)cc1. The van der Waals surface area contributed by atoms with Crippen molar-refractivity contribution in [1.29, 1.82) is 0 Å². The summed E-state index contributed by atoms with van der Waals surface area (Å²) in [6.45, 7) is 5.87. The van der Waals surface area contributed by atoms with Crippen molar-refractivity contribution in [3.63, 3.8) is 0 Å².